The van der Waals surface area contributed by atoms with Crippen LogP contribution in [0.4, 0.5) is 18.3 Å². The summed E-state index contributed by atoms with van der Waals surface area (Å²) in [7, 11) is 0. The van der Waals surface area contributed by atoms with Gasteiger partial charge >= 0.3 is 6.18 Å². The maximum absolute atomic E-state index is 13.0. The first-order valence-corrected chi connectivity index (χ1v) is 9.29. The molecule has 148 valence electrons. The minimum Gasteiger partial charge on any atom is -0.454 e. The first kappa shape index (κ1) is 18.7. The molecule has 1 aromatic carbocycles. The number of benzene rings is 1. The lowest BCUT2D eigenvalue weighted by Crippen LogP contribution is -2.36. The van der Waals surface area contributed by atoms with Crippen molar-refractivity contribution >= 4 is 28.7 Å². The van der Waals surface area contributed by atoms with E-state index >= 15 is 0 Å². The highest BCUT2D eigenvalue weighted by atomic mass is 32.1. The number of hydrogen-bond acceptors (Lipinski definition) is 8. The first-order chi connectivity index (χ1) is 13.3. The number of aromatic nitrogens is 3. The molecule has 0 aliphatic carbocycles. The Hall–Kier alpha value is -2.60. The van der Waals surface area contributed by atoms with Gasteiger partial charge in [-0.25, -0.2) is 4.98 Å². The number of thiazole rings is 1. The predicted octanol–water partition coefficient (Wildman–Crippen LogP) is 4.39. The number of rotatable bonds is 5. The van der Waals surface area contributed by atoms with E-state index in [4.69, 9.17) is 26.1 Å². The van der Waals surface area contributed by atoms with Crippen LogP contribution in [-0.2, 0) is 6.67 Å². The van der Waals surface area contributed by atoms with E-state index in [0.717, 1.165) is 16.2 Å². The quantitative estimate of drug-likeness (QED) is 0.556. The van der Waals surface area contributed by atoms with Gasteiger partial charge in [0.1, 0.15) is 13.2 Å². The molecule has 2 aromatic heterocycles. The van der Waals surface area contributed by atoms with Crippen LogP contribution in [0.5, 0.6) is 11.5 Å². The molecule has 0 saturated heterocycles. The fourth-order valence-corrected chi connectivity index (χ4v) is 3.56. The van der Waals surface area contributed by atoms with Crippen molar-refractivity contribution in [1.29, 1.82) is 0 Å². The number of nitrogens with zero attached hydrogens (tertiary/aromatic N) is 4. The van der Waals surface area contributed by atoms with Crippen molar-refractivity contribution in [2.24, 2.45) is 0 Å². The first-order valence-electron chi connectivity index (χ1n) is 8.00. The van der Waals surface area contributed by atoms with Gasteiger partial charge in [-0.3, -0.25) is 0 Å². The molecule has 0 amide bonds. The van der Waals surface area contributed by atoms with E-state index in [9.17, 15) is 13.2 Å². The molecule has 28 heavy (non-hydrogen) atoms. The fourth-order valence-electron chi connectivity index (χ4n) is 2.58. The summed E-state index contributed by atoms with van der Waals surface area (Å²) in [6, 6.07) is 5.07. The van der Waals surface area contributed by atoms with Crippen LogP contribution >= 0.6 is 23.6 Å². The third kappa shape index (κ3) is 3.97. The zero-order valence-corrected chi connectivity index (χ0v) is 16.0. The molecule has 3 aromatic rings. The number of fused-ring (bicyclic) bond motifs is 1. The fraction of sp³-hybridized carbons (Fsp3) is 0.312. The molecule has 0 N–H and O–H groups in total. The van der Waals surface area contributed by atoms with Crippen molar-refractivity contribution in [2.75, 3.05) is 18.2 Å². The molecule has 0 fully saturated rings. The van der Waals surface area contributed by atoms with E-state index in [1.54, 1.807) is 30.5 Å². The Morgan fingerprint density at radius 3 is 2.79 bits per heavy atom. The van der Waals surface area contributed by atoms with Gasteiger partial charge in [0.2, 0.25) is 12.7 Å². The number of ether oxygens (including phenoxy) is 2. The largest absolute Gasteiger partial charge is 0.454 e. The highest BCUT2D eigenvalue weighted by molar-refractivity contribution is 7.71. The highest BCUT2D eigenvalue weighted by Gasteiger charge is 2.32. The summed E-state index contributed by atoms with van der Waals surface area (Å²) in [6.07, 6.45) is -4.41. The van der Waals surface area contributed by atoms with Crippen LogP contribution in [0.2, 0.25) is 0 Å². The topological polar surface area (TPSA) is 65.6 Å². The van der Waals surface area contributed by atoms with Gasteiger partial charge in [-0.1, -0.05) is 0 Å². The average Bonchev–Trinajstić information content (AvgIpc) is 3.33. The van der Waals surface area contributed by atoms with Gasteiger partial charge in [0.15, 0.2) is 16.6 Å². The van der Waals surface area contributed by atoms with E-state index in [1.807, 2.05) is 0 Å². The van der Waals surface area contributed by atoms with Crippen LogP contribution < -0.4 is 14.4 Å². The zero-order chi connectivity index (χ0) is 19.9. The Labute approximate surface area is 165 Å². The van der Waals surface area contributed by atoms with Crippen LogP contribution in [0, 0.1) is 11.8 Å². The Morgan fingerprint density at radius 1 is 1.29 bits per heavy atom. The average molecular weight is 430 g/mol. The lowest BCUT2D eigenvalue weighted by Gasteiger charge is -2.22. The molecule has 12 heteroatoms. The molecule has 1 aliphatic rings. The van der Waals surface area contributed by atoms with Gasteiger partial charge < -0.3 is 18.8 Å². The van der Waals surface area contributed by atoms with Gasteiger partial charge in [-0.15, -0.1) is 16.4 Å². The summed E-state index contributed by atoms with van der Waals surface area (Å²) in [5, 5.41) is 6.13. The van der Waals surface area contributed by atoms with Gasteiger partial charge in [0.05, 0.1) is 5.69 Å². The van der Waals surface area contributed by atoms with Gasteiger partial charge in [-0.2, -0.15) is 17.9 Å². The summed E-state index contributed by atoms with van der Waals surface area (Å²) in [4.78, 5) is 5.14. The van der Waals surface area contributed by atoms with Crippen molar-refractivity contribution in [2.45, 2.75) is 19.8 Å². The summed E-state index contributed by atoms with van der Waals surface area (Å²) >= 11 is 6.26. The summed E-state index contributed by atoms with van der Waals surface area (Å²) in [5.74, 6) is 1.30. The highest BCUT2D eigenvalue weighted by Crippen LogP contribution is 2.35. The smallest absolute Gasteiger partial charge is 0.406 e. The summed E-state index contributed by atoms with van der Waals surface area (Å²) in [5.41, 5.74) is 1.21. The predicted molar refractivity (Wildman–Crippen MR) is 97.1 cm³/mol. The molecule has 3 heterocycles. The Balaban J connectivity index is 1.62. The van der Waals surface area contributed by atoms with Crippen molar-refractivity contribution < 1.29 is 27.1 Å². The van der Waals surface area contributed by atoms with E-state index in [-0.39, 0.29) is 29.3 Å². The summed E-state index contributed by atoms with van der Waals surface area (Å²) < 4.78 is 56.3. The molecule has 4 rings (SSSR count). The number of halogens is 3. The number of anilines is 1. The maximum Gasteiger partial charge on any atom is 0.406 e. The number of aryl methyl sites for hydroxylation is 1. The van der Waals surface area contributed by atoms with Crippen LogP contribution in [0.3, 0.4) is 0 Å². The molecule has 0 saturated carbocycles. The third-order valence-corrected chi connectivity index (χ3v) is 5.09. The lowest BCUT2D eigenvalue weighted by molar-refractivity contribution is -0.120. The Bertz CT molecular complexity index is 1060. The van der Waals surface area contributed by atoms with Crippen LogP contribution in [0.1, 0.15) is 5.69 Å². The van der Waals surface area contributed by atoms with Gasteiger partial charge in [-0.05, 0) is 37.3 Å². The number of alkyl halides is 3. The minimum atomic E-state index is -4.41. The molecule has 0 bridgehead atoms. The molecule has 0 atom stereocenters. The summed E-state index contributed by atoms with van der Waals surface area (Å²) in [6.45, 7) is 0.398. The molecule has 0 spiro atoms. The second-order valence-electron chi connectivity index (χ2n) is 5.97. The van der Waals surface area contributed by atoms with Crippen molar-refractivity contribution in [3.63, 3.8) is 0 Å². The third-order valence-electron chi connectivity index (χ3n) is 3.78. The maximum atomic E-state index is 13.0. The van der Waals surface area contributed by atoms with Crippen LogP contribution in [0.15, 0.2) is 28.0 Å². The second-order valence-corrected chi connectivity index (χ2v) is 7.15. The lowest BCUT2D eigenvalue weighted by atomic mass is 10.2. The molecular formula is C16H13F3N4O3S2. The molecule has 0 radical (unpaired) electrons. The van der Waals surface area contributed by atoms with E-state index < -0.39 is 12.7 Å². The second kappa shape index (κ2) is 7.09. The SMILES string of the molecule is Cc1csc(N(Cn2nc(-c3ccc4c(c3)OCO4)oc2=S)CC(F)(F)F)n1. The van der Waals surface area contributed by atoms with Gasteiger partial charge in [0.25, 0.3) is 4.84 Å². The Kier molecular flexibility index (Phi) is 4.75. The zero-order valence-electron chi connectivity index (χ0n) is 14.4. The molecule has 1 aliphatic heterocycles. The normalized spacial score (nSPS) is 13.1. The van der Waals surface area contributed by atoms with Crippen LogP contribution in [-0.4, -0.2) is 34.3 Å². The monoisotopic (exact) mass is 430 g/mol. The molecule has 7 nitrogen and oxygen atoms in total. The molecule has 0 unspecified atom stereocenters. The van der Waals surface area contributed by atoms with Crippen molar-refractivity contribution in [3.05, 3.63) is 34.1 Å². The van der Waals surface area contributed by atoms with Gasteiger partial charge in [0, 0.05) is 10.9 Å². The molecular weight excluding hydrogens is 417 g/mol. The number of hydrogen-bond donors (Lipinski definition) is 0. The van der Waals surface area contributed by atoms with Crippen molar-refractivity contribution in [3.8, 4) is 23.0 Å². The van der Waals surface area contributed by atoms with Crippen molar-refractivity contribution in [1.82, 2.24) is 14.8 Å². The van der Waals surface area contributed by atoms with Crippen LogP contribution in [0.25, 0.3) is 11.5 Å². The van der Waals surface area contributed by atoms with E-state index in [1.165, 1.54) is 4.68 Å². The van der Waals surface area contributed by atoms with E-state index in [0.29, 0.717) is 22.8 Å². The Morgan fingerprint density at radius 2 is 2.07 bits per heavy atom. The van der Waals surface area contributed by atoms with E-state index in [2.05, 4.69) is 10.1 Å². The minimum absolute atomic E-state index is 0.0480. The standard InChI is InChI=1S/C16H13F3N4O3S2/c1-9-5-28-14(20-9)22(6-16(17,18)19)7-23-15(27)26-13(21-23)10-2-3-11-12(4-10)25-8-24-11/h2-5H,6-8H2,1H3.